The van der Waals surface area contributed by atoms with Gasteiger partial charge in [-0.2, -0.15) is 0 Å². The summed E-state index contributed by atoms with van der Waals surface area (Å²) in [6.07, 6.45) is 28.5. The van der Waals surface area contributed by atoms with Gasteiger partial charge in [-0.05, 0) is 49.3 Å². The summed E-state index contributed by atoms with van der Waals surface area (Å²) >= 11 is 4.61. The molecule has 0 aliphatic carbocycles. The van der Waals surface area contributed by atoms with E-state index in [9.17, 15) is 0 Å². The summed E-state index contributed by atoms with van der Waals surface area (Å²) in [5.41, 5.74) is 0. The Balaban J connectivity index is 1.08. The molecule has 0 aromatic carbocycles. The molecule has 0 radical (unpaired) electrons. The molecule has 5 heteroatoms. The summed E-state index contributed by atoms with van der Waals surface area (Å²) in [5, 5.41) is 0. The van der Waals surface area contributed by atoms with Crippen molar-refractivity contribution >= 4 is 37.2 Å². The van der Waals surface area contributed by atoms with Crippen molar-refractivity contribution in [2.24, 2.45) is 0 Å². The number of hydrogen-bond donors (Lipinski definition) is 0. The second kappa shape index (κ2) is 12.4. The molecule has 186 valence electrons. The van der Waals surface area contributed by atoms with Crippen molar-refractivity contribution in [3.63, 3.8) is 0 Å². The van der Waals surface area contributed by atoms with Gasteiger partial charge in [0.15, 0.2) is 0 Å². The van der Waals surface area contributed by atoms with E-state index in [2.05, 4.69) is 30.4 Å². The molecule has 1 atom stereocenters. The third-order valence-corrected chi connectivity index (χ3v) is 13.8. The summed E-state index contributed by atoms with van der Waals surface area (Å²) in [4.78, 5) is 0. The maximum absolute atomic E-state index is 6.91. The highest BCUT2D eigenvalue weighted by molar-refractivity contribution is 8.18. The molecule has 4 bridgehead atoms. The first-order chi connectivity index (χ1) is 16.2. The molecule has 0 N–H and O–H groups in total. The second-order valence-electron chi connectivity index (χ2n) is 12.6. The first-order valence-electron chi connectivity index (χ1n) is 15.2. The Morgan fingerprint density at radius 2 is 1.27 bits per heavy atom. The van der Waals surface area contributed by atoms with E-state index in [1.165, 1.54) is 101 Å². The molecular weight excluding hydrogens is 438 g/mol. The van der Waals surface area contributed by atoms with Crippen LogP contribution in [0.5, 0.6) is 0 Å². The monoisotopic (exact) mass is 488 g/mol. The lowest BCUT2D eigenvalue weighted by molar-refractivity contribution is 0.179. The minimum atomic E-state index is 0.441. The highest BCUT2D eigenvalue weighted by Crippen LogP contribution is 2.52. The Labute approximate surface area is 215 Å². The maximum atomic E-state index is 6.91. The van der Waals surface area contributed by atoms with Crippen LogP contribution in [0.15, 0.2) is 0 Å². The van der Waals surface area contributed by atoms with Gasteiger partial charge in [0.2, 0.25) is 0 Å². The van der Waals surface area contributed by atoms with Gasteiger partial charge in [0.25, 0.3) is 6.92 Å². The summed E-state index contributed by atoms with van der Waals surface area (Å²) in [6, 6.07) is 0. The minimum Gasteiger partial charge on any atom is -0.433 e. The Kier molecular flexibility index (Phi) is 9.52. The molecule has 5 saturated heterocycles. The van der Waals surface area contributed by atoms with Crippen LogP contribution >= 0.6 is 23.5 Å². The molecule has 5 heterocycles. The highest BCUT2D eigenvalue weighted by Gasteiger charge is 2.43. The molecule has 1 nitrogen and oxygen atoms in total. The lowest BCUT2D eigenvalue weighted by Gasteiger charge is -2.43. The van der Waals surface area contributed by atoms with Gasteiger partial charge in [0, 0.05) is 6.10 Å². The van der Waals surface area contributed by atoms with Gasteiger partial charge in [-0.15, -0.1) is 23.5 Å². The van der Waals surface area contributed by atoms with Gasteiger partial charge < -0.3 is 4.65 Å². The van der Waals surface area contributed by atoms with E-state index in [4.69, 9.17) is 4.65 Å². The standard InChI is InChI=1S/C28H50B2OS2/c1-23(31-30-26-14-7-15-27(30)17-8-16-26)22-28(32-20-9-21-33-28)18-3-2-4-19-29-24-10-5-11-25(29)13-6-12-24/h23-27H,2-22H2,1H3/t23-,24?,25?,26?,27?/m0/s1. The zero-order chi connectivity index (χ0) is 22.5. The third kappa shape index (κ3) is 6.57. The van der Waals surface area contributed by atoms with Crippen molar-refractivity contribution in [3.05, 3.63) is 0 Å². The summed E-state index contributed by atoms with van der Waals surface area (Å²) in [5.74, 6) is 6.71. The molecule has 0 aromatic heterocycles. The number of thioether (sulfide) groups is 2. The largest absolute Gasteiger partial charge is 0.433 e. The fourth-order valence-electron chi connectivity index (χ4n) is 8.81. The van der Waals surface area contributed by atoms with Crippen LogP contribution < -0.4 is 0 Å². The van der Waals surface area contributed by atoms with Crippen LogP contribution in [0.25, 0.3) is 0 Å². The third-order valence-electron chi connectivity index (χ3n) is 10.3. The van der Waals surface area contributed by atoms with Gasteiger partial charge in [0.05, 0.1) is 4.08 Å². The van der Waals surface area contributed by atoms with Gasteiger partial charge in [-0.3, -0.25) is 0 Å². The maximum Gasteiger partial charge on any atom is 0.299 e. The summed E-state index contributed by atoms with van der Waals surface area (Å²) < 4.78 is 7.36. The van der Waals surface area contributed by atoms with Crippen molar-refractivity contribution in [1.82, 2.24) is 0 Å². The Bertz CT molecular complexity index is 554. The number of hydrogen-bond acceptors (Lipinski definition) is 3. The molecule has 5 fully saturated rings. The van der Waals surface area contributed by atoms with Gasteiger partial charge in [0.1, 0.15) is 6.71 Å². The average Bonchev–Trinajstić information content (AvgIpc) is 2.79. The molecule has 0 spiro atoms. The van der Waals surface area contributed by atoms with Gasteiger partial charge >= 0.3 is 0 Å². The molecule has 5 rings (SSSR count). The van der Waals surface area contributed by atoms with Crippen molar-refractivity contribution in [2.45, 2.75) is 162 Å². The Morgan fingerprint density at radius 3 is 1.85 bits per heavy atom. The number of rotatable bonds is 10. The van der Waals surface area contributed by atoms with Crippen LogP contribution in [0.3, 0.4) is 0 Å². The van der Waals surface area contributed by atoms with E-state index in [-0.39, 0.29) is 0 Å². The quantitative estimate of drug-likeness (QED) is 0.224. The van der Waals surface area contributed by atoms with Crippen LogP contribution in [0.2, 0.25) is 29.6 Å². The van der Waals surface area contributed by atoms with Crippen LogP contribution in [0, 0.1) is 0 Å². The van der Waals surface area contributed by atoms with Crippen molar-refractivity contribution < 1.29 is 4.65 Å². The molecular formula is C28H50B2OS2. The SMILES string of the molecule is C[C@@H](CC1(CCCCCB2C3CCCC2CCC3)SCCCS1)OB1C2CCCC1CCC2. The minimum absolute atomic E-state index is 0.441. The predicted molar refractivity (Wildman–Crippen MR) is 153 cm³/mol. The number of fused-ring (bicyclic) bond motifs is 4. The zero-order valence-electron chi connectivity index (χ0n) is 21.6. The van der Waals surface area contributed by atoms with Crippen molar-refractivity contribution in [2.75, 3.05) is 11.5 Å². The lowest BCUT2D eigenvalue weighted by Crippen LogP contribution is -2.41. The predicted octanol–water partition coefficient (Wildman–Crippen LogP) is 9.61. The molecule has 0 aromatic rings. The molecule has 0 amide bonds. The molecule has 33 heavy (non-hydrogen) atoms. The molecule has 0 saturated carbocycles. The Morgan fingerprint density at radius 1 is 0.727 bits per heavy atom. The van der Waals surface area contributed by atoms with Crippen LogP contribution in [-0.2, 0) is 4.65 Å². The van der Waals surface area contributed by atoms with Crippen LogP contribution in [0.1, 0.15) is 122 Å². The first kappa shape index (κ1) is 25.4. The van der Waals surface area contributed by atoms with Gasteiger partial charge in [-0.25, -0.2) is 0 Å². The second-order valence-corrected chi connectivity index (χ2v) is 15.8. The van der Waals surface area contributed by atoms with Crippen molar-refractivity contribution in [3.8, 4) is 0 Å². The fraction of sp³-hybridized carbons (Fsp3) is 1.00. The molecule has 5 aliphatic heterocycles. The lowest BCUT2D eigenvalue weighted by atomic mass is 9.26. The Hall–Kier alpha value is 0.790. The topological polar surface area (TPSA) is 9.23 Å². The smallest absolute Gasteiger partial charge is 0.299 e. The first-order valence-corrected chi connectivity index (χ1v) is 17.1. The highest BCUT2D eigenvalue weighted by atomic mass is 32.2. The fourth-order valence-corrected chi connectivity index (χ4v) is 12.4. The van der Waals surface area contributed by atoms with Crippen molar-refractivity contribution in [1.29, 1.82) is 0 Å². The molecule has 0 unspecified atom stereocenters. The van der Waals surface area contributed by atoms with E-state index in [1.54, 1.807) is 32.0 Å². The molecule has 5 aliphatic rings. The van der Waals surface area contributed by atoms with E-state index >= 15 is 0 Å². The van der Waals surface area contributed by atoms with Crippen LogP contribution in [-0.4, -0.2) is 35.3 Å². The van der Waals surface area contributed by atoms with E-state index in [0.717, 1.165) is 30.0 Å². The van der Waals surface area contributed by atoms with E-state index in [0.29, 0.717) is 17.1 Å². The summed E-state index contributed by atoms with van der Waals surface area (Å²) in [7, 11) is 0. The van der Waals surface area contributed by atoms with Crippen LogP contribution in [0.4, 0.5) is 0 Å². The van der Waals surface area contributed by atoms with E-state index in [1.807, 2.05) is 0 Å². The van der Waals surface area contributed by atoms with Gasteiger partial charge in [-0.1, -0.05) is 114 Å². The normalized spacial score (nSPS) is 34.8. The summed E-state index contributed by atoms with van der Waals surface area (Å²) in [6.45, 7) is 4.11. The average molecular weight is 488 g/mol. The van der Waals surface area contributed by atoms with E-state index < -0.39 is 0 Å². The number of unbranched alkanes of at least 4 members (excludes halogenated alkanes) is 2. The zero-order valence-corrected chi connectivity index (χ0v) is 23.2.